The zero-order valence-corrected chi connectivity index (χ0v) is 16.2. The Morgan fingerprint density at radius 3 is 2.60 bits per heavy atom. The van der Waals surface area contributed by atoms with Gasteiger partial charge in [0.1, 0.15) is 12.4 Å². The summed E-state index contributed by atoms with van der Waals surface area (Å²) in [5, 5.41) is 7.00. The number of benzene rings is 1. The van der Waals surface area contributed by atoms with Crippen LogP contribution < -0.4 is 15.4 Å². The van der Waals surface area contributed by atoms with Gasteiger partial charge in [-0.3, -0.25) is 4.99 Å². The molecular formula is C20H34N4O. The maximum Gasteiger partial charge on any atom is 0.191 e. The van der Waals surface area contributed by atoms with Crippen LogP contribution in [0.2, 0.25) is 0 Å². The molecule has 2 rings (SSSR count). The van der Waals surface area contributed by atoms with Gasteiger partial charge in [-0.05, 0) is 51.8 Å². The Morgan fingerprint density at radius 2 is 1.92 bits per heavy atom. The van der Waals surface area contributed by atoms with Gasteiger partial charge in [0.15, 0.2) is 5.96 Å². The Morgan fingerprint density at radius 1 is 1.20 bits per heavy atom. The lowest BCUT2D eigenvalue weighted by atomic mass is 9.87. The summed E-state index contributed by atoms with van der Waals surface area (Å²) in [6.07, 6.45) is 5.06. The molecule has 0 aliphatic heterocycles. The van der Waals surface area contributed by atoms with E-state index in [1.165, 1.54) is 25.7 Å². The summed E-state index contributed by atoms with van der Waals surface area (Å²) in [6, 6.07) is 8.74. The Balaban J connectivity index is 1.84. The zero-order chi connectivity index (χ0) is 18.1. The monoisotopic (exact) mass is 346 g/mol. The molecule has 2 N–H and O–H groups in total. The average molecular weight is 347 g/mol. The molecule has 5 heteroatoms. The molecule has 0 spiro atoms. The molecule has 25 heavy (non-hydrogen) atoms. The first kappa shape index (κ1) is 19.6. The van der Waals surface area contributed by atoms with E-state index < -0.39 is 0 Å². The van der Waals surface area contributed by atoms with Crippen LogP contribution in [0.25, 0.3) is 0 Å². The second-order valence-electron chi connectivity index (χ2n) is 7.29. The van der Waals surface area contributed by atoms with Crippen molar-refractivity contribution < 1.29 is 4.74 Å². The van der Waals surface area contributed by atoms with Crippen LogP contribution in [0.5, 0.6) is 5.75 Å². The van der Waals surface area contributed by atoms with Crippen molar-refractivity contribution in [1.29, 1.82) is 0 Å². The number of guanidine groups is 1. The molecule has 1 aliphatic carbocycles. The summed E-state index contributed by atoms with van der Waals surface area (Å²) in [6.45, 7) is 4.65. The largest absolute Gasteiger partial charge is 0.492 e. The van der Waals surface area contributed by atoms with Gasteiger partial charge in [0.05, 0.1) is 0 Å². The first-order valence-corrected chi connectivity index (χ1v) is 9.41. The fourth-order valence-corrected chi connectivity index (χ4v) is 3.10. The highest BCUT2D eigenvalue weighted by Crippen LogP contribution is 2.23. The van der Waals surface area contributed by atoms with E-state index in [9.17, 15) is 0 Å². The van der Waals surface area contributed by atoms with Crippen molar-refractivity contribution in [3.63, 3.8) is 0 Å². The number of rotatable bonds is 7. The smallest absolute Gasteiger partial charge is 0.191 e. The normalized spacial score (nSPS) is 21.2. The molecule has 0 unspecified atom stereocenters. The third-order valence-corrected chi connectivity index (χ3v) is 4.80. The van der Waals surface area contributed by atoms with Gasteiger partial charge >= 0.3 is 0 Å². The number of para-hydroxylation sites is 1. The van der Waals surface area contributed by atoms with Crippen LogP contribution in [-0.4, -0.2) is 51.2 Å². The van der Waals surface area contributed by atoms with Gasteiger partial charge in [-0.2, -0.15) is 0 Å². The van der Waals surface area contributed by atoms with Gasteiger partial charge in [-0.15, -0.1) is 0 Å². The molecule has 5 nitrogen and oxygen atoms in total. The average Bonchev–Trinajstić information content (AvgIpc) is 2.61. The summed E-state index contributed by atoms with van der Waals surface area (Å²) in [5.41, 5.74) is 1.15. The molecule has 1 saturated carbocycles. The predicted octanol–water partition coefficient (Wildman–Crippen LogP) is 2.87. The predicted molar refractivity (Wildman–Crippen MR) is 105 cm³/mol. The van der Waals surface area contributed by atoms with E-state index >= 15 is 0 Å². The molecule has 0 atom stereocenters. The van der Waals surface area contributed by atoms with Crippen molar-refractivity contribution in [1.82, 2.24) is 15.5 Å². The Kier molecular flexibility index (Phi) is 8.06. The van der Waals surface area contributed by atoms with Gasteiger partial charge in [0.2, 0.25) is 0 Å². The highest BCUT2D eigenvalue weighted by Gasteiger charge is 2.18. The van der Waals surface area contributed by atoms with Gasteiger partial charge in [0, 0.05) is 31.7 Å². The summed E-state index contributed by atoms with van der Waals surface area (Å²) in [5.74, 6) is 2.68. The van der Waals surface area contributed by atoms with Crippen molar-refractivity contribution in [2.24, 2.45) is 10.9 Å². The summed E-state index contributed by atoms with van der Waals surface area (Å²) < 4.78 is 5.93. The van der Waals surface area contributed by atoms with Gasteiger partial charge < -0.3 is 20.3 Å². The second-order valence-corrected chi connectivity index (χ2v) is 7.29. The van der Waals surface area contributed by atoms with Gasteiger partial charge in [-0.25, -0.2) is 0 Å². The van der Waals surface area contributed by atoms with E-state index in [-0.39, 0.29) is 0 Å². The van der Waals surface area contributed by atoms with Crippen LogP contribution in [0.15, 0.2) is 29.3 Å². The number of hydrogen-bond acceptors (Lipinski definition) is 3. The van der Waals surface area contributed by atoms with E-state index in [1.807, 2.05) is 19.2 Å². The number of nitrogens with zero attached hydrogens (tertiary/aromatic N) is 2. The standard InChI is InChI=1S/C20H34N4O/c1-16-9-11-18(12-10-16)23-20(21-2)22-15-17-7-5-6-8-19(17)25-14-13-24(3)4/h5-8,16,18H,9-15H2,1-4H3,(H2,21,22,23). The van der Waals surface area contributed by atoms with Gasteiger partial charge in [0.25, 0.3) is 0 Å². The molecule has 0 aromatic heterocycles. The molecule has 0 bridgehead atoms. The number of likely N-dealkylation sites (N-methyl/N-ethyl adjacent to an activating group) is 1. The van der Waals surface area contributed by atoms with Crippen molar-refractivity contribution in [2.45, 2.75) is 45.2 Å². The Bertz CT molecular complexity index is 536. The topological polar surface area (TPSA) is 48.9 Å². The quantitative estimate of drug-likeness (QED) is 0.589. The van der Waals surface area contributed by atoms with Crippen LogP contribution in [0, 0.1) is 5.92 Å². The zero-order valence-electron chi connectivity index (χ0n) is 16.2. The minimum Gasteiger partial charge on any atom is -0.492 e. The number of aliphatic imine (C=N–C) groups is 1. The molecule has 0 saturated heterocycles. The molecule has 0 heterocycles. The molecule has 1 aromatic carbocycles. The fourth-order valence-electron chi connectivity index (χ4n) is 3.10. The van der Waals surface area contributed by atoms with Crippen LogP contribution in [-0.2, 0) is 6.54 Å². The molecule has 0 amide bonds. The van der Waals surface area contributed by atoms with E-state index in [1.54, 1.807) is 0 Å². The molecule has 140 valence electrons. The van der Waals surface area contributed by atoms with Crippen LogP contribution in [0.3, 0.4) is 0 Å². The Labute approximate surface area is 152 Å². The fraction of sp³-hybridized carbons (Fsp3) is 0.650. The summed E-state index contributed by atoms with van der Waals surface area (Å²) in [7, 11) is 5.94. The highest BCUT2D eigenvalue weighted by molar-refractivity contribution is 5.80. The third kappa shape index (κ3) is 6.94. The molecule has 1 aliphatic rings. The first-order valence-electron chi connectivity index (χ1n) is 9.41. The number of nitrogens with one attached hydrogen (secondary N) is 2. The number of hydrogen-bond donors (Lipinski definition) is 2. The molecular weight excluding hydrogens is 312 g/mol. The minimum absolute atomic E-state index is 0.536. The van der Waals surface area contributed by atoms with Gasteiger partial charge in [-0.1, -0.05) is 25.1 Å². The lowest BCUT2D eigenvalue weighted by Crippen LogP contribution is -2.44. The Hall–Kier alpha value is -1.75. The number of ether oxygens (including phenoxy) is 1. The van der Waals surface area contributed by atoms with Crippen molar-refractivity contribution in [3.05, 3.63) is 29.8 Å². The first-order chi connectivity index (χ1) is 12.1. The van der Waals surface area contributed by atoms with Crippen molar-refractivity contribution >= 4 is 5.96 Å². The minimum atomic E-state index is 0.536. The molecule has 0 radical (unpaired) electrons. The second kappa shape index (κ2) is 10.3. The van der Waals surface area contributed by atoms with E-state index in [4.69, 9.17) is 4.74 Å². The third-order valence-electron chi connectivity index (χ3n) is 4.80. The van der Waals surface area contributed by atoms with E-state index in [2.05, 4.69) is 53.7 Å². The van der Waals surface area contributed by atoms with Crippen molar-refractivity contribution in [2.75, 3.05) is 34.3 Å². The molecule has 1 aromatic rings. The van der Waals surface area contributed by atoms with E-state index in [0.717, 1.165) is 29.7 Å². The SMILES string of the molecule is CN=C(NCc1ccccc1OCCN(C)C)NC1CCC(C)CC1. The lowest BCUT2D eigenvalue weighted by molar-refractivity contribution is 0.259. The van der Waals surface area contributed by atoms with Crippen LogP contribution in [0.4, 0.5) is 0 Å². The highest BCUT2D eigenvalue weighted by atomic mass is 16.5. The summed E-state index contributed by atoms with van der Waals surface area (Å²) in [4.78, 5) is 6.50. The van der Waals surface area contributed by atoms with E-state index in [0.29, 0.717) is 19.2 Å². The lowest BCUT2D eigenvalue weighted by Gasteiger charge is -2.28. The summed E-state index contributed by atoms with van der Waals surface area (Å²) >= 11 is 0. The maximum absolute atomic E-state index is 5.93. The van der Waals surface area contributed by atoms with Crippen LogP contribution in [0.1, 0.15) is 38.2 Å². The maximum atomic E-state index is 5.93. The van der Waals surface area contributed by atoms with Crippen molar-refractivity contribution in [3.8, 4) is 5.75 Å². The van der Waals surface area contributed by atoms with Crippen LogP contribution >= 0.6 is 0 Å². The molecule has 1 fully saturated rings.